The summed E-state index contributed by atoms with van der Waals surface area (Å²) in [6.45, 7) is 13.3. The number of ketones is 1. The Labute approximate surface area is 217 Å². The van der Waals surface area contributed by atoms with E-state index in [2.05, 4.69) is 6.58 Å². The molecular formula is C29H36O8. The van der Waals surface area contributed by atoms with Crippen molar-refractivity contribution in [1.82, 2.24) is 0 Å². The zero-order chi connectivity index (χ0) is 27.5. The lowest BCUT2D eigenvalue weighted by Crippen LogP contribution is -2.61. The van der Waals surface area contributed by atoms with Crippen molar-refractivity contribution >= 4 is 23.7 Å². The summed E-state index contributed by atoms with van der Waals surface area (Å²) in [5, 5.41) is 12.0. The van der Waals surface area contributed by atoms with Gasteiger partial charge in [-0.05, 0) is 35.6 Å². The SMILES string of the molecule is C=C1C2=CC[C@@H](C3=CCOC3=O)[C@]2(C)[C@@H](O)[C@H](OC(C)=O)[C@@H]1[C@]1(C)C=CC(=O)C(C)(C)[C@@H]1CC(=O)OC. The van der Waals surface area contributed by atoms with Crippen LogP contribution in [0.4, 0.5) is 0 Å². The first-order valence-electron chi connectivity index (χ1n) is 12.6. The van der Waals surface area contributed by atoms with Crippen molar-refractivity contribution in [2.45, 2.75) is 59.7 Å². The highest BCUT2D eigenvalue weighted by Gasteiger charge is 2.64. The lowest BCUT2D eigenvalue weighted by atomic mass is 9.47. The summed E-state index contributed by atoms with van der Waals surface area (Å²) < 4.78 is 16.0. The van der Waals surface area contributed by atoms with E-state index in [1.165, 1.54) is 20.1 Å². The molecule has 0 saturated heterocycles. The topological polar surface area (TPSA) is 116 Å². The van der Waals surface area contributed by atoms with Gasteiger partial charge >= 0.3 is 17.9 Å². The van der Waals surface area contributed by atoms with Gasteiger partial charge in [0.1, 0.15) is 18.8 Å². The molecule has 4 aliphatic rings. The summed E-state index contributed by atoms with van der Waals surface area (Å²) in [6, 6.07) is 0. The Bertz CT molecular complexity index is 1160. The molecule has 37 heavy (non-hydrogen) atoms. The van der Waals surface area contributed by atoms with Crippen molar-refractivity contribution in [1.29, 1.82) is 0 Å². The molecule has 1 aliphatic heterocycles. The molecule has 200 valence electrons. The third kappa shape index (κ3) is 3.92. The quantitative estimate of drug-likeness (QED) is 0.441. The third-order valence-corrected chi connectivity index (χ3v) is 9.39. The first-order valence-corrected chi connectivity index (χ1v) is 12.6. The highest BCUT2D eigenvalue weighted by Crippen LogP contribution is 2.64. The van der Waals surface area contributed by atoms with E-state index in [4.69, 9.17) is 14.2 Å². The molecule has 0 aromatic rings. The predicted octanol–water partition coefficient (Wildman–Crippen LogP) is 3.25. The molecule has 7 atom stereocenters. The minimum Gasteiger partial charge on any atom is -0.469 e. The highest BCUT2D eigenvalue weighted by molar-refractivity contribution is 5.96. The number of aliphatic hydroxyl groups is 1. The molecule has 0 aromatic heterocycles. The Balaban J connectivity index is 1.86. The first kappa shape index (κ1) is 27.0. The fraction of sp³-hybridized carbons (Fsp3) is 0.586. The van der Waals surface area contributed by atoms with Crippen molar-refractivity contribution in [3.05, 3.63) is 47.6 Å². The molecule has 0 amide bonds. The van der Waals surface area contributed by atoms with E-state index < -0.39 is 58.2 Å². The van der Waals surface area contributed by atoms with Gasteiger partial charge in [-0.3, -0.25) is 14.4 Å². The number of hydrogen-bond acceptors (Lipinski definition) is 8. The van der Waals surface area contributed by atoms with Crippen molar-refractivity contribution < 1.29 is 38.5 Å². The van der Waals surface area contributed by atoms with E-state index >= 15 is 0 Å². The third-order valence-electron chi connectivity index (χ3n) is 9.39. The van der Waals surface area contributed by atoms with E-state index in [0.29, 0.717) is 17.6 Å². The van der Waals surface area contributed by atoms with Gasteiger partial charge in [0.15, 0.2) is 5.78 Å². The Morgan fingerprint density at radius 2 is 1.86 bits per heavy atom. The molecule has 0 unspecified atom stereocenters. The van der Waals surface area contributed by atoms with Crippen LogP contribution in [0.2, 0.25) is 0 Å². The normalized spacial score (nSPS) is 38.5. The Hall–Kier alpha value is -3.00. The van der Waals surface area contributed by atoms with Crippen LogP contribution in [-0.4, -0.2) is 54.7 Å². The van der Waals surface area contributed by atoms with Crippen molar-refractivity contribution in [3.63, 3.8) is 0 Å². The maximum atomic E-state index is 13.0. The number of hydrogen-bond donors (Lipinski definition) is 1. The Morgan fingerprint density at radius 3 is 2.43 bits per heavy atom. The molecule has 0 radical (unpaired) electrons. The van der Waals surface area contributed by atoms with Gasteiger partial charge in [-0.1, -0.05) is 46.4 Å². The van der Waals surface area contributed by atoms with E-state index in [1.807, 2.05) is 19.9 Å². The lowest BCUT2D eigenvalue weighted by Gasteiger charge is -2.57. The molecule has 1 saturated carbocycles. The van der Waals surface area contributed by atoms with Crippen molar-refractivity contribution in [2.24, 2.45) is 34.0 Å². The second kappa shape index (κ2) is 9.08. The first-order chi connectivity index (χ1) is 17.2. The second-order valence-corrected chi connectivity index (χ2v) is 11.6. The standard InChI is InChI=1S/C29H36O8/c1-15-18-8-9-19(17-11-13-36-26(17)34)29(18,6)25(33)24(37-16(2)30)23(15)28(5)12-10-21(31)27(3,4)20(28)14-22(32)35-7/h8,10-12,19-20,23-25,33H,1,9,13-14H2,2-7H3/t19-,20-,23+,24+,25-,28+,29+/m0/s1. The van der Waals surface area contributed by atoms with Crippen LogP contribution in [-0.2, 0) is 33.4 Å². The summed E-state index contributed by atoms with van der Waals surface area (Å²) in [5.41, 5.74) is -0.855. The van der Waals surface area contributed by atoms with Gasteiger partial charge in [-0.25, -0.2) is 4.79 Å². The second-order valence-electron chi connectivity index (χ2n) is 11.6. The average Bonchev–Trinajstić information content (AvgIpc) is 3.40. The summed E-state index contributed by atoms with van der Waals surface area (Å²) in [4.78, 5) is 50.3. The minimum absolute atomic E-state index is 0.0413. The molecule has 0 bridgehead atoms. The fourth-order valence-corrected chi connectivity index (χ4v) is 7.36. The molecule has 0 spiro atoms. The van der Waals surface area contributed by atoms with Crippen molar-refractivity contribution in [3.8, 4) is 0 Å². The van der Waals surface area contributed by atoms with Crippen LogP contribution in [0.15, 0.2) is 47.6 Å². The highest BCUT2D eigenvalue weighted by atomic mass is 16.6. The molecule has 1 heterocycles. The summed E-state index contributed by atoms with van der Waals surface area (Å²) in [5.74, 6) is -3.13. The molecule has 3 aliphatic carbocycles. The number of aliphatic hydroxyl groups excluding tert-OH is 1. The van der Waals surface area contributed by atoms with Gasteiger partial charge in [0.05, 0.1) is 13.5 Å². The van der Waals surface area contributed by atoms with E-state index in [0.717, 1.165) is 5.57 Å². The van der Waals surface area contributed by atoms with Crippen LogP contribution in [0.5, 0.6) is 0 Å². The van der Waals surface area contributed by atoms with Gasteiger partial charge < -0.3 is 19.3 Å². The molecule has 0 aromatic carbocycles. The summed E-state index contributed by atoms with van der Waals surface area (Å²) in [7, 11) is 1.30. The maximum absolute atomic E-state index is 13.0. The number of cyclic esters (lactones) is 1. The maximum Gasteiger partial charge on any atom is 0.334 e. The van der Waals surface area contributed by atoms with Crippen LogP contribution in [0, 0.1) is 34.0 Å². The number of carbonyl (C=O) groups excluding carboxylic acids is 4. The molecule has 8 heteroatoms. The summed E-state index contributed by atoms with van der Waals surface area (Å²) in [6.07, 6.45) is 5.22. The molecule has 1 N–H and O–H groups in total. The minimum atomic E-state index is -1.19. The van der Waals surface area contributed by atoms with E-state index in [9.17, 15) is 24.3 Å². The van der Waals surface area contributed by atoms with E-state index in [-0.39, 0.29) is 24.7 Å². The monoisotopic (exact) mass is 512 g/mol. The van der Waals surface area contributed by atoms with Crippen LogP contribution in [0.3, 0.4) is 0 Å². The average molecular weight is 513 g/mol. The van der Waals surface area contributed by atoms with E-state index in [1.54, 1.807) is 26.0 Å². The number of rotatable bonds is 5. The van der Waals surface area contributed by atoms with Crippen LogP contribution >= 0.6 is 0 Å². The Morgan fingerprint density at radius 1 is 1.19 bits per heavy atom. The number of methoxy groups -OCH3 is 1. The molecule has 8 nitrogen and oxygen atoms in total. The van der Waals surface area contributed by atoms with Crippen LogP contribution in [0.1, 0.15) is 47.5 Å². The van der Waals surface area contributed by atoms with Crippen LogP contribution < -0.4 is 0 Å². The zero-order valence-corrected chi connectivity index (χ0v) is 22.3. The number of fused-ring (bicyclic) bond motifs is 1. The van der Waals surface area contributed by atoms with Gasteiger partial charge in [0.2, 0.25) is 0 Å². The van der Waals surface area contributed by atoms with Gasteiger partial charge in [0, 0.05) is 40.6 Å². The molecule has 1 fully saturated rings. The van der Waals surface area contributed by atoms with Gasteiger partial charge in [0.25, 0.3) is 0 Å². The molecular weight excluding hydrogens is 476 g/mol. The van der Waals surface area contributed by atoms with Crippen LogP contribution in [0.25, 0.3) is 0 Å². The fourth-order valence-electron chi connectivity index (χ4n) is 7.36. The Kier molecular flexibility index (Phi) is 6.64. The number of ether oxygens (including phenoxy) is 3. The number of carbonyl (C=O) groups is 4. The lowest BCUT2D eigenvalue weighted by molar-refractivity contribution is -0.177. The van der Waals surface area contributed by atoms with Gasteiger partial charge in [-0.2, -0.15) is 0 Å². The zero-order valence-electron chi connectivity index (χ0n) is 22.3. The largest absolute Gasteiger partial charge is 0.469 e. The smallest absolute Gasteiger partial charge is 0.334 e. The number of allylic oxidation sites excluding steroid dienone is 3. The van der Waals surface area contributed by atoms with Gasteiger partial charge in [-0.15, -0.1) is 0 Å². The summed E-state index contributed by atoms with van der Waals surface area (Å²) >= 11 is 0. The predicted molar refractivity (Wildman–Crippen MR) is 134 cm³/mol. The molecule has 4 rings (SSSR count). The number of esters is 3. The van der Waals surface area contributed by atoms with Crippen molar-refractivity contribution in [2.75, 3.05) is 13.7 Å².